The van der Waals surface area contributed by atoms with Crippen LogP contribution in [-0.4, -0.2) is 8.07 Å². The van der Waals surface area contributed by atoms with Crippen molar-refractivity contribution >= 4 is 40.2 Å². The van der Waals surface area contributed by atoms with Gasteiger partial charge in [0, 0.05) is 9.75 Å². The lowest BCUT2D eigenvalue weighted by molar-refractivity contribution is 1.66. The van der Waals surface area contributed by atoms with Gasteiger partial charge < -0.3 is 0 Å². The van der Waals surface area contributed by atoms with Gasteiger partial charge in [0.15, 0.2) is 8.07 Å². The fourth-order valence-corrected chi connectivity index (χ4v) is 11.4. The molecule has 6 aromatic rings. The minimum atomic E-state index is -2.59. The Balaban J connectivity index is 1.66. The first-order chi connectivity index (χ1) is 17.9. The average molecular weight is 495 g/mol. The van der Waals surface area contributed by atoms with E-state index in [1.807, 2.05) is 11.3 Å². The maximum Gasteiger partial charge on any atom is 0.180 e. The summed E-state index contributed by atoms with van der Waals surface area (Å²) >= 11 is 1.88. The summed E-state index contributed by atoms with van der Waals surface area (Å²) in [7, 11) is -2.59. The van der Waals surface area contributed by atoms with Crippen molar-refractivity contribution in [1.82, 2.24) is 0 Å². The maximum absolute atomic E-state index is 2.59. The van der Waals surface area contributed by atoms with Gasteiger partial charge in [-0.25, -0.2) is 0 Å². The second-order valence-corrected chi connectivity index (χ2v) is 13.8. The molecule has 0 bridgehead atoms. The molecule has 0 aliphatic carbocycles. The summed E-state index contributed by atoms with van der Waals surface area (Å²) < 4.78 is 0. The summed E-state index contributed by atoms with van der Waals surface area (Å²) in [6, 6.07) is 57.8. The molecule has 0 N–H and O–H groups in total. The standard InChI is InChI=1S/C34H26SSi/c1-5-15-27(16-6-1)32-25-26-33(35-32)31-23-13-14-24-34(31)36(28-17-7-2-8-18-28,29-19-9-3-10-20-29)30-21-11-4-12-22-30/h1-26H. The molecule has 0 fully saturated rings. The highest BCUT2D eigenvalue weighted by atomic mass is 32.1. The molecule has 0 amide bonds. The van der Waals surface area contributed by atoms with Gasteiger partial charge in [0.2, 0.25) is 0 Å². The Morgan fingerprint density at radius 1 is 0.361 bits per heavy atom. The summed E-state index contributed by atoms with van der Waals surface area (Å²) in [6.45, 7) is 0. The third-order valence-electron chi connectivity index (χ3n) is 6.88. The minimum absolute atomic E-state index is 1.27. The molecule has 0 atom stereocenters. The molecule has 172 valence electrons. The third-order valence-corrected chi connectivity index (χ3v) is 12.9. The van der Waals surface area contributed by atoms with Crippen molar-refractivity contribution in [3.05, 3.63) is 158 Å². The van der Waals surface area contributed by atoms with Gasteiger partial charge in [0.1, 0.15) is 0 Å². The van der Waals surface area contributed by atoms with Crippen molar-refractivity contribution in [2.24, 2.45) is 0 Å². The number of thiophene rings is 1. The number of rotatable bonds is 6. The van der Waals surface area contributed by atoms with Crippen LogP contribution in [-0.2, 0) is 0 Å². The normalized spacial score (nSPS) is 11.3. The van der Waals surface area contributed by atoms with Crippen LogP contribution in [0.3, 0.4) is 0 Å². The van der Waals surface area contributed by atoms with E-state index in [0.717, 1.165) is 0 Å². The molecule has 0 radical (unpaired) electrons. The largest absolute Gasteiger partial charge is 0.180 e. The van der Waals surface area contributed by atoms with E-state index < -0.39 is 8.07 Å². The average Bonchev–Trinajstić information content (AvgIpc) is 3.47. The van der Waals surface area contributed by atoms with Crippen LogP contribution in [0.1, 0.15) is 0 Å². The fraction of sp³-hybridized carbons (Fsp3) is 0. The molecule has 0 unspecified atom stereocenters. The molecule has 0 spiro atoms. The first kappa shape index (κ1) is 22.5. The van der Waals surface area contributed by atoms with Crippen molar-refractivity contribution in [2.45, 2.75) is 0 Å². The van der Waals surface area contributed by atoms with Gasteiger partial charge in [-0.2, -0.15) is 0 Å². The lowest BCUT2D eigenvalue weighted by Crippen LogP contribution is -2.75. The number of hydrogen-bond donors (Lipinski definition) is 0. The van der Waals surface area contributed by atoms with Crippen molar-refractivity contribution in [3.8, 4) is 20.9 Å². The molecule has 2 heteroatoms. The van der Waals surface area contributed by atoms with Crippen LogP contribution in [0.2, 0.25) is 0 Å². The van der Waals surface area contributed by atoms with E-state index in [4.69, 9.17) is 0 Å². The molecular weight excluding hydrogens is 469 g/mol. The minimum Gasteiger partial charge on any atom is -0.135 e. The molecule has 36 heavy (non-hydrogen) atoms. The molecule has 0 aliphatic rings. The first-order valence-corrected chi connectivity index (χ1v) is 15.1. The van der Waals surface area contributed by atoms with Crippen molar-refractivity contribution in [1.29, 1.82) is 0 Å². The molecule has 0 nitrogen and oxygen atoms in total. The van der Waals surface area contributed by atoms with Crippen LogP contribution in [0.5, 0.6) is 0 Å². The molecule has 0 saturated heterocycles. The summed E-state index contributed by atoms with van der Waals surface area (Å²) in [4.78, 5) is 2.61. The zero-order valence-corrected chi connectivity index (χ0v) is 21.7. The topological polar surface area (TPSA) is 0 Å². The van der Waals surface area contributed by atoms with E-state index in [1.165, 1.54) is 41.6 Å². The predicted octanol–water partition coefficient (Wildman–Crippen LogP) is 6.46. The van der Waals surface area contributed by atoms with Crippen LogP contribution in [0.4, 0.5) is 0 Å². The summed E-state index contributed by atoms with van der Waals surface area (Å²) in [5, 5.41) is 5.62. The zero-order valence-electron chi connectivity index (χ0n) is 19.9. The van der Waals surface area contributed by atoms with E-state index in [9.17, 15) is 0 Å². The Morgan fingerprint density at radius 2 is 0.778 bits per heavy atom. The highest BCUT2D eigenvalue weighted by molar-refractivity contribution is 7.22. The van der Waals surface area contributed by atoms with Gasteiger partial charge in [-0.05, 0) is 44.0 Å². The fourth-order valence-electron chi connectivity index (χ4n) is 5.30. The van der Waals surface area contributed by atoms with Crippen LogP contribution in [0.25, 0.3) is 20.9 Å². The summed E-state index contributed by atoms with van der Waals surface area (Å²) in [6.07, 6.45) is 0. The number of hydrogen-bond acceptors (Lipinski definition) is 1. The van der Waals surface area contributed by atoms with E-state index >= 15 is 0 Å². The molecule has 1 heterocycles. The van der Waals surface area contributed by atoms with Crippen LogP contribution in [0.15, 0.2) is 158 Å². The molecule has 6 rings (SSSR count). The molecule has 1 aromatic heterocycles. The highest BCUT2D eigenvalue weighted by Crippen LogP contribution is 2.34. The molecule has 0 aliphatic heterocycles. The number of benzene rings is 5. The van der Waals surface area contributed by atoms with Gasteiger partial charge in [0.05, 0.1) is 0 Å². The second kappa shape index (κ2) is 9.94. The SMILES string of the molecule is c1ccc(-c2ccc(-c3ccccc3[Si](c3ccccc3)(c3ccccc3)c3ccccc3)s2)cc1. The predicted molar refractivity (Wildman–Crippen MR) is 159 cm³/mol. The Hall–Kier alpha value is -3.98. The summed E-state index contributed by atoms with van der Waals surface area (Å²) in [5.74, 6) is 0. The Kier molecular flexibility index (Phi) is 6.21. The van der Waals surface area contributed by atoms with Gasteiger partial charge >= 0.3 is 0 Å². The lowest BCUT2D eigenvalue weighted by atomic mass is 10.1. The Labute approximate surface area is 218 Å². The second-order valence-electron chi connectivity index (χ2n) is 8.92. The van der Waals surface area contributed by atoms with E-state index in [2.05, 4.69) is 158 Å². The van der Waals surface area contributed by atoms with Gasteiger partial charge in [-0.15, -0.1) is 11.3 Å². The Morgan fingerprint density at radius 3 is 1.31 bits per heavy atom. The smallest absolute Gasteiger partial charge is 0.135 e. The van der Waals surface area contributed by atoms with Crippen molar-refractivity contribution in [2.75, 3.05) is 0 Å². The third kappa shape index (κ3) is 3.95. The van der Waals surface area contributed by atoms with Gasteiger partial charge in [0.25, 0.3) is 0 Å². The monoisotopic (exact) mass is 494 g/mol. The van der Waals surface area contributed by atoms with Gasteiger partial charge in [-0.3, -0.25) is 0 Å². The van der Waals surface area contributed by atoms with Crippen LogP contribution in [0, 0.1) is 0 Å². The van der Waals surface area contributed by atoms with E-state index in [0.29, 0.717) is 0 Å². The molecule has 5 aromatic carbocycles. The van der Waals surface area contributed by atoms with Crippen molar-refractivity contribution in [3.63, 3.8) is 0 Å². The lowest BCUT2D eigenvalue weighted by Gasteiger charge is -2.35. The van der Waals surface area contributed by atoms with Gasteiger partial charge in [-0.1, -0.05) is 146 Å². The molecule has 0 saturated carbocycles. The quantitative estimate of drug-likeness (QED) is 0.184. The van der Waals surface area contributed by atoms with E-state index in [-0.39, 0.29) is 0 Å². The van der Waals surface area contributed by atoms with Crippen LogP contribution < -0.4 is 20.7 Å². The maximum atomic E-state index is 2.37. The highest BCUT2D eigenvalue weighted by Gasteiger charge is 2.42. The molecular formula is C34H26SSi. The zero-order chi connectivity index (χ0) is 24.2. The van der Waals surface area contributed by atoms with E-state index in [1.54, 1.807) is 0 Å². The van der Waals surface area contributed by atoms with Crippen LogP contribution >= 0.6 is 11.3 Å². The first-order valence-electron chi connectivity index (χ1n) is 12.3. The Bertz CT molecular complexity index is 1460. The van der Waals surface area contributed by atoms with Crippen molar-refractivity contribution < 1.29 is 0 Å². The summed E-state index contributed by atoms with van der Waals surface area (Å²) in [5.41, 5.74) is 2.59.